The van der Waals surface area contributed by atoms with E-state index in [0.29, 0.717) is 12.1 Å². The molecular formula is C14H25N5O3S. The van der Waals surface area contributed by atoms with Crippen LogP contribution in [0, 0.1) is 0 Å². The second-order valence-electron chi connectivity index (χ2n) is 5.73. The molecule has 2 rings (SSSR count). The molecule has 1 saturated heterocycles. The maximum atomic E-state index is 11.6. The number of hydrogen-bond donors (Lipinski definition) is 2. The van der Waals surface area contributed by atoms with Crippen molar-refractivity contribution in [1.82, 2.24) is 24.7 Å². The van der Waals surface area contributed by atoms with Gasteiger partial charge in [-0.15, -0.1) is 0 Å². The Morgan fingerprint density at radius 3 is 2.91 bits per heavy atom. The van der Waals surface area contributed by atoms with Crippen LogP contribution in [0.25, 0.3) is 0 Å². The van der Waals surface area contributed by atoms with E-state index in [2.05, 4.69) is 20.0 Å². The number of nitrogens with one attached hydrogen (secondary N) is 2. The van der Waals surface area contributed by atoms with Gasteiger partial charge in [-0.25, -0.2) is 13.1 Å². The zero-order chi connectivity index (χ0) is 16.9. The van der Waals surface area contributed by atoms with Crippen LogP contribution in [0.5, 0.6) is 0 Å². The Balaban J connectivity index is 1.88. The summed E-state index contributed by atoms with van der Waals surface area (Å²) in [5, 5.41) is 6.91. The van der Waals surface area contributed by atoms with Crippen molar-refractivity contribution in [3.63, 3.8) is 0 Å². The van der Waals surface area contributed by atoms with Crippen molar-refractivity contribution < 1.29 is 13.2 Å². The number of carbonyl (C=O) groups is 1. The summed E-state index contributed by atoms with van der Waals surface area (Å²) < 4.78 is 27.1. The van der Waals surface area contributed by atoms with Gasteiger partial charge in [0.15, 0.2) is 0 Å². The molecular weight excluding hydrogens is 318 g/mol. The van der Waals surface area contributed by atoms with Crippen LogP contribution in [0.3, 0.4) is 0 Å². The molecule has 1 aliphatic heterocycles. The Hall–Kier alpha value is -1.45. The minimum absolute atomic E-state index is 0.146. The van der Waals surface area contributed by atoms with E-state index >= 15 is 0 Å². The van der Waals surface area contributed by atoms with Crippen LogP contribution in [0.15, 0.2) is 12.3 Å². The van der Waals surface area contributed by atoms with E-state index in [1.165, 1.54) is 7.05 Å². The lowest BCUT2D eigenvalue weighted by molar-refractivity contribution is 0.0956. The van der Waals surface area contributed by atoms with Gasteiger partial charge in [-0.05, 0) is 45.5 Å². The van der Waals surface area contributed by atoms with E-state index in [1.807, 2.05) is 10.9 Å². The lowest BCUT2D eigenvalue weighted by Crippen LogP contribution is -2.38. The first-order valence-electron chi connectivity index (χ1n) is 7.86. The van der Waals surface area contributed by atoms with Crippen LogP contribution in [0.1, 0.15) is 35.8 Å². The lowest BCUT2D eigenvalue weighted by Gasteiger charge is -2.32. The molecule has 130 valence electrons. The molecule has 8 nitrogen and oxygen atoms in total. The smallest absolute Gasteiger partial charge is 0.271 e. The van der Waals surface area contributed by atoms with Crippen LogP contribution >= 0.6 is 0 Å². The standard InChI is InChI=1S/C14H25N5O3S/c1-15-14(20)13-6-9-19(17-13)12-5-3-7-18(11-12)8-4-10-23(21,22)16-2/h6,9,12,16H,3-5,7-8,10-11H2,1-2H3,(H,15,20)/t12-/m0/s1. The normalized spacial score (nSPS) is 19.7. The Labute approximate surface area is 137 Å². The van der Waals surface area contributed by atoms with Crippen LogP contribution in [-0.4, -0.2) is 68.5 Å². The average molecular weight is 343 g/mol. The lowest BCUT2D eigenvalue weighted by atomic mass is 10.1. The average Bonchev–Trinajstić information content (AvgIpc) is 3.04. The predicted molar refractivity (Wildman–Crippen MR) is 87.8 cm³/mol. The number of piperidine rings is 1. The molecule has 0 bridgehead atoms. The maximum Gasteiger partial charge on any atom is 0.271 e. The number of amides is 1. The molecule has 2 N–H and O–H groups in total. The van der Waals surface area contributed by atoms with Crippen LogP contribution in [0.4, 0.5) is 0 Å². The van der Waals surface area contributed by atoms with E-state index in [0.717, 1.165) is 32.5 Å². The molecule has 9 heteroatoms. The van der Waals surface area contributed by atoms with Crippen molar-refractivity contribution in [3.8, 4) is 0 Å². The van der Waals surface area contributed by atoms with E-state index < -0.39 is 10.0 Å². The van der Waals surface area contributed by atoms with Crippen molar-refractivity contribution in [3.05, 3.63) is 18.0 Å². The summed E-state index contributed by atoms with van der Waals surface area (Å²) in [6.45, 7) is 2.55. The zero-order valence-corrected chi connectivity index (χ0v) is 14.5. The second kappa shape index (κ2) is 7.89. The molecule has 1 amide bonds. The fraction of sp³-hybridized carbons (Fsp3) is 0.714. The van der Waals surface area contributed by atoms with Gasteiger partial charge in [0.05, 0.1) is 11.8 Å². The van der Waals surface area contributed by atoms with Crippen molar-refractivity contribution in [2.24, 2.45) is 0 Å². The Kier molecular flexibility index (Phi) is 6.14. The molecule has 0 saturated carbocycles. The molecule has 0 aromatic carbocycles. The number of rotatable bonds is 7. The predicted octanol–water partition coefficient (Wildman–Crippen LogP) is -0.181. The van der Waals surface area contributed by atoms with E-state index in [4.69, 9.17) is 0 Å². The molecule has 1 aliphatic rings. The first-order chi connectivity index (χ1) is 10.9. The highest BCUT2D eigenvalue weighted by molar-refractivity contribution is 7.89. The summed E-state index contributed by atoms with van der Waals surface area (Å²) in [6.07, 6.45) is 4.50. The highest BCUT2D eigenvalue weighted by Crippen LogP contribution is 2.21. The molecule has 1 atom stereocenters. The van der Waals surface area contributed by atoms with Crippen molar-refractivity contribution >= 4 is 15.9 Å². The third kappa shape index (κ3) is 5.02. The van der Waals surface area contributed by atoms with E-state index in [9.17, 15) is 13.2 Å². The second-order valence-corrected chi connectivity index (χ2v) is 7.78. The van der Waals surface area contributed by atoms with Gasteiger partial charge in [0.2, 0.25) is 10.0 Å². The number of hydrogen-bond acceptors (Lipinski definition) is 5. The van der Waals surface area contributed by atoms with Gasteiger partial charge in [0, 0.05) is 19.8 Å². The number of likely N-dealkylation sites (tertiary alicyclic amines) is 1. The molecule has 1 fully saturated rings. The summed E-state index contributed by atoms with van der Waals surface area (Å²) >= 11 is 0. The van der Waals surface area contributed by atoms with Gasteiger partial charge < -0.3 is 10.2 Å². The first-order valence-corrected chi connectivity index (χ1v) is 9.51. The van der Waals surface area contributed by atoms with Gasteiger partial charge in [0.25, 0.3) is 5.91 Å². The molecule has 1 aromatic heterocycles. The monoisotopic (exact) mass is 343 g/mol. The molecule has 0 unspecified atom stereocenters. The zero-order valence-electron chi connectivity index (χ0n) is 13.7. The quantitative estimate of drug-likeness (QED) is 0.716. The Morgan fingerprint density at radius 1 is 1.43 bits per heavy atom. The number of nitrogens with zero attached hydrogens (tertiary/aromatic N) is 3. The summed E-state index contributed by atoms with van der Waals surface area (Å²) in [5.74, 6) is -0.0403. The van der Waals surface area contributed by atoms with Crippen molar-refractivity contribution in [1.29, 1.82) is 0 Å². The summed E-state index contributed by atoms with van der Waals surface area (Å²) in [6, 6.07) is 1.94. The summed E-state index contributed by atoms with van der Waals surface area (Å²) in [7, 11) is -0.109. The first kappa shape index (κ1) is 17.9. The third-order valence-corrected chi connectivity index (χ3v) is 5.57. The van der Waals surface area contributed by atoms with Crippen LogP contribution in [0.2, 0.25) is 0 Å². The van der Waals surface area contributed by atoms with Crippen LogP contribution < -0.4 is 10.0 Å². The number of carbonyl (C=O) groups excluding carboxylic acids is 1. The maximum absolute atomic E-state index is 11.6. The van der Waals surface area contributed by atoms with Gasteiger partial charge in [0.1, 0.15) is 5.69 Å². The van der Waals surface area contributed by atoms with Crippen molar-refractivity contribution in [2.45, 2.75) is 25.3 Å². The van der Waals surface area contributed by atoms with Gasteiger partial charge >= 0.3 is 0 Å². The molecule has 1 aromatic rings. The van der Waals surface area contributed by atoms with Gasteiger partial charge in [-0.1, -0.05) is 0 Å². The highest BCUT2D eigenvalue weighted by atomic mass is 32.2. The Morgan fingerprint density at radius 2 is 2.22 bits per heavy atom. The molecule has 2 heterocycles. The molecule has 0 aliphatic carbocycles. The van der Waals surface area contributed by atoms with E-state index in [1.54, 1.807) is 13.1 Å². The summed E-state index contributed by atoms with van der Waals surface area (Å²) in [4.78, 5) is 13.8. The third-order valence-electron chi connectivity index (χ3n) is 4.12. The fourth-order valence-corrected chi connectivity index (χ4v) is 3.53. The number of sulfonamides is 1. The highest BCUT2D eigenvalue weighted by Gasteiger charge is 2.22. The van der Waals surface area contributed by atoms with Gasteiger partial charge in [-0.3, -0.25) is 9.48 Å². The van der Waals surface area contributed by atoms with Crippen molar-refractivity contribution in [2.75, 3.05) is 39.5 Å². The number of aromatic nitrogens is 2. The summed E-state index contributed by atoms with van der Waals surface area (Å²) in [5.41, 5.74) is 0.421. The van der Waals surface area contributed by atoms with Crippen LogP contribution in [-0.2, 0) is 10.0 Å². The van der Waals surface area contributed by atoms with E-state index in [-0.39, 0.29) is 17.7 Å². The largest absolute Gasteiger partial charge is 0.354 e. The minimum atomic E-state index is -3.13. The molecule has 0 spiro atoms. The SMILES string of the molecule is CNC(=O)c1ccn([C@H]2CCCN(CCCS(=O)(=O)NC)C2)n1. The van der Waals surface area contributed by atoms with Gasteiger partial charge in [-0.2, -0.15) is 5.10 Å². The molecule has 23 heavy (non-hydrogen) atoms. The Bertz CT molecular complexity index is 628. The fourth-order valence-electron chi connectivity index (χ4n) is 2.82. The minimum Gasteiger partial charge on any atom is -0.354 e. The molecule has 0 radical (unpaired) electrons. The topological polar surface area (TPSA) is 96.3 Å².